The van der Waals surface area contributed by atoms with Crippen LogP contribution in [-0.4, -0.2) is 21.3 Å². The van der Waals surface area contributed by atoms with Gasteiger partial charge in [-0.2, -0.15) is 10.2 Å². The summed E-state index contributed by atoms with van der Waals surface area (Å²) in [5, 5.41) is 12.2. The maximum Gasteiger partial charge on any atom is 0.187 e. The molecule has 0 unspecified atom stereocenters. The minimum Gasteiger partial charge on any atom is -0.336 e. The molecular formula is C21H35N5S2. The first kappa shape index (κ1) is 24.4. The van der Waals surface area contributed by atoms with Crippen molar-refractivity contribution in [1.29, 1.82) is 0 Å². The molecule has 1 aromatic carbocycles. The summed E-state index contributed by atoms with van der Waals surface area (Å²) in [4.78, 5) is 0.748. The maximum absolute atomic E-state index is 5.38. The van der Waals surface area contributed by atoms with Gasteiger partial charge >= 0.3 is 0 Å². The van der Waals surface area contributed by atoms with Crippen LogP contribution in [0.1, 0.15) is 70.6 Å². The van der Waals surface area contributed by atoms with E-state index in [0.29, 0.717) is 5.11 Å². The second kappa shape index (κ2) is 10.8. The fourth-order valence-electron chi connectivity index (χ4n) is 2.37. The van der Waals surface area contributed by atoms with Gasteiger partial charge in [-0.3, -0.25) is 10.9 Å². The van der Waals surface area contributed by atoms with Crippen LogP contribution in [-0.2, 0) is 6.42 Å². The molecule has 0 aliphatic carbocycles. The molecule has 0 saturated carbocycles. The van der Waals surface area contributed by atoms with Gasteiger partial charge in [0.25, 0.3) is 0 Å². The van der Waals surface area contributed by atoms with Crippen LogP contribution >= 0.6 is 24.4 Å². The van der Waals surface area contributed by atoms with E-state index in [1.807, 2.05) is 34.6 Å². The zero-order valence-electron chi connectivity index (χ0n) is 18.3. The molecule has 0 aliphatic heterocycles. The van der Waals surface area contributed by atoms with E-state index >= 15 is 0 Å². The number of hydrazine groups is 1. The van der Waals surface area contributed by atoms with Crippen LogP contribution in [0.25, 0.3) is 0 Å². The van der Waals surface area contributed by atoms with E-state index in [4.69, 9.17) is 24.4 Å². The van der Waals surface area contributed by atoms with Gasteiger partial charge in [-0.15, -0.1) is 0 Å². The molecule has 1 rings (SSSR count). The number of hydrogen-bond acceptors (Lipinski definition) is 4. The average Bonchev–Trinajstić information content (AvgIpc) is 2.57. The highest BCUT2D eigenvalue weighted by molar-refractivity contribution is 7.80. The van der Waals surface area contributed by atoms with Gasteiger partial charge in [0.2, 0.25) is 0 Å². The van der Waals surface area contributed by atoms with Gasteiger partial charge in [-0.25, -0.2) is 0 Å². The molecule has 0 amide bonds. The van der Waals surface area contributed by atoms with Crippen molar-refractivity contribution >= 4 is 34.5 Å². The average molecular weight is 422 g/mol. The predicted octanol–water partition coefficient (Wildman–Crippen LogP) is 5.30. The Labute approximate surface area is 181 Å². The number of thiocarbonyl (C=S) groups is 2. The second-order valence-corrected chi connectivity index (χ2v) is 9.58. The minimum absolute atomic E-state index is 0.217. The Hall–Kier alpha value is -1.60. The van der Waals surface area contributed by atoms with Crippen molar-refractivity contribution in [3.8, 4) is 0 Å². The van der Waals surface area contributed by atoms with Crippen molar-refractivity contribution in [3.05, 3.63) is 34.9 Å². The van der Waals surface area contributed by atoms with E-state index in [9.17, 15) is 0 Å². The molecule has 0 saturated heterocycles. The molecule has 1 aromatic rings. The van der Waals surface area contributed by atoms with Crippen molar-refractivity contribution in [2.75, 3.05) is 0 Å². The van der Waals surface area contributed by atoms with Crippen molar-refractivity contribution in [1.82, 2.24) is 16.2 Å². The van der Waals surface area contributed by atoms with Gasteiger partial charge in [0.05, 0.1) is 10.5 Å². The Morgan fingerprint density at radius 3 is 2.21 bits per heavy atom. The molecule has 28 heavy (non-hydrogen) atoms. The standard InChI is InChI=1S/C21H35N5S2/c1-15-12-13-17(14-16(15)2)10-8-9-11-18(27)23-24-19(28)22-21(6,7)26-25-20(3,4)5/h12-14H,8-11H2,1-7H3,(H,23,27)(H2,22,24,28)/b26-25+. The summed E-state index contributed by atoms with van der Waals surface area (Å²) in [7, 11) is 0. The van der Waals surface area contributed by atoms with Crippen LogP contribution in [0.2, 0.25) is 0 Å². The fraction of sp³-hybridized carbons (Fsp3) is 0.619. The topological polar surface area (TPSA) is 60.8 Å². The SMILES string of the molecule is Cc1ccc(CCCCC(=S)NNC(=S)NC(C)(C)/N=N/C(C)(C)C)cc1C. The van der Waals surface area contributed by atoms with Crippen LogP contribution in [0.15, 0.2) is 28.4 Å². The van der Waals surface area contributed by atoms with Crippen molar-refractivity contribution in [2.24, 2.45) is 10.2 Å². The van der Waals surface area contributed by atoms with Crippen molar-refractivity contribution in [2.45, 2.75) is 85.4 Å². The number of benzene rings is 1. The third-order valence-corrected chi connectivity index (χ3v) is 4.54. The number of unbranched alkanes of at least 4 members (excludes halogenated alkanes) is 1. The first-order chi connectivity index (χ1) is 12.9. The van der Waals surface area contributed by atoms with E-state index in [1.54, 1.807) is 0 Å². The molecule has 0 radical (unpaired) electrons. The number of nitrogens with zero attached hydrogens (tertiary/aromatic N) is 2. The van der Waals surface area contributed by atoms with Crippen LogP contribution in [0.5, 0.6) is 0 Å². The smallest absolute Gasteiger partial charge is 0.187 e. The molecular weight excluding hydrogens is 386 g/mol. The molecule has 0 aromatic heterocycles. The number of rotatable bonds is 7. The summed E-state index contributed by atoms with van der Waals surface area (Å²) in [5.74, 6) is 0. The number of hydrogen-bond donors (Lipinski definition) is 3. The molecule has 0 heterocycles. The lowest BCUT2D eigenvalue weighted by molar-refractivity contribution is 0.413. The third-order valence-electron chi connectivity index (χ3n) is 4.03. The second-order valence-electron chi connectivity index (χ2n) is 8.68. The van der Waals surface area contributed by atoms with E-state index in [1.165, 1.54) is 16.7 Å². The first-order valence-electron chi connectivity index (χ1n) is 9.75. The molecule has 0 atom stereocenters. The first-order valence-corrected chi connectivity index (χ1v) is 10.6. The number of aryl methyl sites for hydroxylation is 3. The summed E-state index contributed by atoms with van der Waals surface area (Å²) in [6, 6.07) is 6.68. The largest absolute Gasteiger partial charge is 0.336 e. The highest BCUT2D eigenvalue weighted by atomic mass is 32.1. The summed E-state index contributed by atoms with van der Waals surface area (Å²) in [6.07, 6.45) is 4.03. The summed E-state index contributed by atoms with van der Waals surface area (Å²) in [6.45, 7) is 14.1. The van der Waals surface area contributed by atoms with E-state index in [2.05, 4.69) is 58.4 Å². The molecule has 0 bridgehead atoms. The summed E-state index contributed by atoms with van der Waals surface area (Å²) in [5.41, 5.74) is 9.20. The molecule has 3 N–H and O–H groups in total. The molecule has 7 heteroatoms. The highest BCUT2D eigenvalue weighted by Gasteiger charge is 2.19. The van der Waals surface area contributed by atoms with Crippen LogP contribution in [0.4, 0.5) is 0 Å². The monoisotopic (exact) mass is 421 g/mol. The number of nitrogens with one attached hydrogen (secondary N) is 3. The minimum atomic E-state index is -0.590. The number of azo groups is 1. The lowest BCUT2D eigenvalue weighted by atomic mass is 10.0. The van der Waals surface area contributed by atoms with Gasteiger partial charge in [-0.1, -0.05) is 30.4 Å². The predicted molar refractivity (Wildman–Crippen MR) is 127 cm³/mol. The Kier molecular flexibility index (Phi) is 9.44. The third kappa shape index (κ3) is 10.7. The van der Waals surface area contributed by atoms with Crippen LogP contribution in [0, 0.1) is 13.8 Å². The van der Waals surface area contributed by atoms with Gasteiger partial charge in [0.15, 0.2) is 5.11 Å². The van der Waals surface area contributed by atoms with E-state index < -0.39 is 5.66 Å². The Bertz CT molecular complexity index is 705. The molecule has 156 valence electrons. The lowest BCUT2D eigenvalue weighted by Crippen LogP contribution is -2.52. The van der Waals surface area contributed by atoms with Gasteiger partial charge < -0.3 is 5.32 Å². The Morgan fingerprint density at radius 2 is 1.61 bits per heavy atom. The highest BCUT2D eigenvalue weighted by Crippen LogP contribution is 2.13. The molecule has 0 spiro atoms. The maximum atomic E-state index is 5.38. The fourth-order valence-corrected chi connectivity index (χ4v) is 2.87. The Morgan fingerprint density at radius 1 is 0.929 bits per heavy atom. The summed E-state index contributed by atoms with van der Waals surface area (Å²) < 4.78 is 0. The zero-order valence-corrected chi connectivity index (χ0v) is 19.9. The molecule has 0 aliphatic rings. The van der Waals surface area contributed by atoms with E-state index in [0.717, 1.165) is 30.7 Å². The summed E-state index contributed by atoms with van der Waals surface area (Å²) >= 11 is 10.7. The van der Waals surface area contributed by atoms with Gasteiger partial charge in [-0.05, 0) is 103 Å². The van der Waals surface area contributed by atoms with Crippen molar-refractivity contribution in [3.63, 3.8) is 0 Å². The zero-order chi connectivity index (χ0) is 21.4. The normalized spacial score (nSPS) is 12.1. The Balaban J connectivity index is 2.27. The van der Waals surface area contributed by atoms with Crippen LogP contribution in [0.3, 0.4) is 0 Å². The van der Waals surface area contributed by atoms with E-state index in [-0.39, 0.29) is 5.54 Å². The van der Waals surface area contributed by atoms with Crippen LogP contribution < -0.4 is 16.2 Å². The molecule has 0 fully saturated rings. The quantitative estimate of drug-likeness (QED) is 0.241. The lowest BCUT2D eigenvalue weighted by Gasteiger charge is -2.24. The van der Waals surface area contributed by atoms with Gasteiger partial charge in [0, 0.05) is 0 Å². The van der Waals surface area contributed by atoms with Crippen molar-refractivity contribution < 1.29 is 0 Å². The molecule has 5 nitrogen and oxygen atoms in total. The van der Waals surface area contributed by atoms with Gasteiger partial charge in [0.1, 0.15) is 5.66 Å².